The van der Waals surface area contributed by atoms with E-state index in [-0.39, 0.29) is 25.3 Å². The molecule has 37 heavy (non-hydrogen) atoms. The number of amides is 1. The van der Waals surface area contributed by atoms with E-state index in [0.717, 1.165) is 23.3 Å². The molecule has 0 saturated heterocycles. The number of hydrogen-bond donors (Lipinski definition) is 1. The van der Waals surface area contributed by atoms with Crippen molar-refractivity contribution in [3.8, 4) is 11.9 Å². The Labute approximate surface area is 220 Å². The Morgan fingerprint density at radius 3 is 2.38 bits per heavy atom. The Bertz CT molecular complexity index is 1240. The maximum Gasteiger partial charge on any atom is 0.417 e. The monoisotopic (exact) mass is 531 g/mol. The molecule has 0 unspecified atom stereocenters. The van der Waals surface area contributed by atoms with E-state index in [9.17, 15) is 23.2 Å². The van der Waals surface area contributed by atoms with Crippen molar-refractivity contribution in [2.75, 3.05) is 0 Å². The summed E-state index contributed by atoms with van der Waals surface area (Å²) in [4.78, 5) is 16.8. The molecule has 1 amide bonds. The fraction of sp³-hybridized carbons (Fsp3) is 0.321. The van der Waals surface area contributed by atoms with Crippen molar-refractivity contribution in [1.82, 2.24) is 10.3 Å². The standard InChI is InChI=1S/C27H25ClF3N3O2.CH4/c1-17(34-25(35)26(2,3)36-24-12-9-21(16-33-24)27(29,30)31)23(14-18-7-10-22(28)11-8-18)20-6-4-5-19(13-20)15-32;/h4-13,16-17,23H,14H2,1-3H3,(H,34,35);1H4/t17-,23+;/m1./s1. The number of aromatic nitrogens is 1. The normalized spacial score (nSPS) is 13.0. The molecule has 2 atom stereocenters. The maximum atomic E-state index is 13.1. The molecular formula is C28H29ClF3N3O2. The first-order valence-electron chi connectivity index (χ1n) is 11.2. The number of carbonyl (C=O) groups excluding carboxylic acids is 1. The van der Waals surface area contributed by atoms with Gasteiger partial charge in [0.1, 0.15) is 0 Å². The van der Waals surface area contributed by atoms with Crippen LogP contribution in [0, 0.1) is 11.3 Å². The number of pyridine rings is 1. The zero-order valence-electron chi connectivity index (χ0n) is 19.9. The summed E-state index contributed by atoms with van der Waals surface area (Å²) < 4.78 is 44.0. The van der Waals surface area contributed by atoms with E-state index >= 15 is 0 Å². The number of rotatable bonds is 8. The van der Waals surface area contributed by atoms with Crippen LogP contribution in [0.2, 0.25) is 5.02 Å². The largest absolute Gasteiger partial charge is 0.462 e. The fourth-order valence-corrected chi connectivity index (χ4v) is 3.82. The summed E-state index contributed by atoms with van der Waals surface area (Å²) in [5.74, 6) is -0.757. The molecule has 0 radical (unpaired) electrons. The Kier molecular flexibility index (Phi) is 9.71. The zero-order chi connectivity index (χ0) is 26.5. The van der Waals surface area contributed by atoms with E-state index in [4.69, 9.17) is 16.3 Å². The molecular weight excluding hydrogens is 503 g/mol. The zero-order valence-corrected chi connectivity index (χ0v) is 20.7. The quantitative estimate of drug-likeness (QED) is 0.341. The van der Waals surface area contributed by atoms with E-state index in [1.54, 1.807) is 30.3 Å². The van der Waals surface area contributed by atoms with Crippen molar-refractivity contribution >= 4 is 17.5 Å². The molecule has 0 aliphatic carbocycles. The van der Waals surface area contributed by atoms with Crippen molar-refractivity contribution in [2.24, 2.45) is 0 Å². The van der Waals surface area contributed by atoms with E-state index < -0.39 is 23.2 Å². The molecule has 196 valence electrons. The van der Waals surface area contributed by atoms with Gasteiger partial charge in [-0.05, 0) is 68.7 Å². The Hall–Kier alpha value is -3.57. The third kappa shape index (κ3) is 7.96. The first-order chi connectivity index (χ1) is 16.9. The molecule has 0 saturated carbocycles. The van der Waals surface area contributed by atoms with Crippen molar-refractivity contribution in [3.05, 3.63) is 94.1 Å². The minimum Gasteiger partial charge on any atom is -0.462 e. The average molecular weight is 532 g/mol. The SMILES string of the molecule is C.C[C@@H](NC(=O)C(C)(C)Oc1ccc(C(F)(F)F)cn1)[C@H](Cc1ccc(Cl)cc1)c1cccc(C#N)c1. The number of benzene rings is 2. The molecule has 0 aliphatic rings. The maximum absolute atomic E-state index is 13.1. The fourth-order valence-electron chi connectivity index (χ4n) is 3.69. The predicted octanol–water partition coefficient (Wildman–Crippen LogP) is 6.95. The lowest BCUT2D eigenvalue weighted by molar-refractivity contribution is -0.138. The van der Waals surface area contributed by atoms with Crippen molar-refractivity contribution < 1.29 is 22.7 Å². The highest BCUT2D eigenvalue weighted by molar-refractivity contribution is 6.30. The lowest BCUT2D eigenvalue weighted by Crippen LogP contribution is -2.51. The minimum absolute atomic E-state index is 0. The summed E-state index contributed by atoms with van der Waals surface area (Å²) in [6.07, 6.45) is -3.29. The van der Waals surface area contributed by atoms with E-state index in [1.165, 1.54) is 13.8 Å². The third-order valence-corrected chi connectivity index (χ3v) is 6.00. The number of nitrogens with one attached hydrogen (secondary N) is 1. The Morgan fingerprint density at radius 2 is 1.81 bits per heavy atom. The molecule has 3 rings (SSSR count). The number of carbonyl (C=O) groups is 1. The topological polar surface area (TPSA) is 75.0 Å². The highest BCUT2D eigenvalue weighted by Crippen LogP contribution is 2.30. The molecule has 1 aromatic heterocycles. The number of alkyl halides is 3. The van der Waals surface area contributed by atoms with Crippen LogP contribution in [0.1, 0.15) is 56.4 Å². The van der Waals surface area contributed by atoms with Crippen LogP contribution in [0.3, 0.4) is 0 Å². The minimum atomic E-state index is -4.52. The van der Waals surface area contributed by atoms with Gasteiger partial charge in [-0.1, -0.05) is 43.3 Å². The molecule has 3 aromatic rings. The number of hydrogen-bond acceptors (Lipinski definition) is 4. The van der Waals surface area contributed by atoms with E-state index in [1.807, 2.05) is 25.1 Å². The third-order valence-electron chi connectivity index (χ3n) is 5.75. The van der Waals surface area contributed by atoms with Gasteiger partial charge in [0.2, 0.25) is 5.88 Å². The van der Waals surface area contributed by atoms with Crippen molar-refractivity contribution in [1.29, 1.82) is 5.26 Å². The van der Waals surface area contributed by atoms with Gasteiger partial charge >= 0.3 is 6.18 Å². The summed E-state index contributed by atoms with van der Waals surface area (Å²) in [5.41, 5.74) is 0.0529. The highest BCUT2D eigenvalue weighted by Gasteiger charge is 2.34. The number of nitriles is 1. The molecule has 0 spiro atoms. The van der Waals surface area contributed by atoms with Crippen LogP contribution in [-0.2, 0) is 17.4 Å². The smallest absolute Gasteiger partial charge is 0.417 e. The van der Waals surface area contributed by atoms with Gasteiger partial charge < -0.3 is 10.1 Å². The van der Waals surface area contributed by atoms with Gasteiger partial charge in [-0.3, -0.25) is 4.79 Å². The second-order valence-electron chi connectivity index (χ2n) is 8.93. The van der Waals surface area contributed by atoms with Crippen molar-refractivity contribution in [2.45, 2.75) is 58.4 Å². The highest BCUT2D eigenvalue weighted by atomic mass is 35.5. The molecule has 0 bridgehead atoms. The van der Waals surface area contributed by atoms with Crippen LogP contribution in [0.25, 0.3) is 0 Å². The van der Waals surface area contributed by atoms with Gasteiger partial charge in [0.05, 0.1) is 17.2 Å². The van der Waals surface area contributed by atoms with E-state index in [2.05, 4.69) is 16.4 Å². The lowest BCUT2D eigenvalue weighted by Gasteiger charge is -2.30. The van der Waals surface area contributed by atoms with Gasteiger partial charge in [-0.15, -0.1) is 0 Å². The van der Waals surface area contributed by atoms with Gasteiger partial charge in [0.25, 0.3) is 5.91 Å². The van der Waals surface area contributed by atoms with Crippen LogP contribution in [0.5, 0.6) is 5.88 Å². The first-order valence-corrected chi connectivity index (χ1v) is 11.5. The Morgan fingerprint density at radius 1 is 1.14 bits per heavy atom. The second-order valence-corrected chi connectivity index (χ2v) is 9.37. The Balaban J connectivity index is 0.00000481. The number of halogens is 4. The van der Waals surface area contributed by atoms with Crippen LogP contribution in [0.4, 0.5) is 13.2 Å². The van der Waals surface area contributed by atoms with Gasteiger partial charge in [0, 0.05) is 29.2 Å². The van der Waals surface area contributed by atoms with Crippen LogP contribution in [0.15, 0.2) is 66.9 Å². The molecule has 0 aliphatic heterocycles. The molecule has 0 fully saturated rings. The predicted molar refractivity (Wildman–Crippen MR) is 137 cm³/mol. The summed E-state index contributed by atoms with van der Waals surface area (Å²) >= 11 is 6.02. The van der Waals surface area contributed by atoms with Crippen LogP contribution < -0.4 is 10.1 Å². The number of nitrogens with zero attached hydrogens (tertiary/aromatic N) is 2. The summed E-state index contributed by atoms with van der Waals surface area (Å²) in [5, 5.41) is 12.9. The van der Waals surface area contributed by atoms with Crippen LogP contribution >= 0.6 is 11.6 Å². The van der Waals surface area contributed by atoms with Crippen molar-refractivity contribution in [3.63, 3.8) is 0 Å². The summed E-state index contributed by atoms with van der Waals surface area (Å²) in [6.45, 7) is 4.88. The molecule has 1 heterocycles. The van der Waals surface area contributed by atoms with Gasteiger partial charge in [-0.25, -0.2) is 4.98 Å². The molecule has 5 nitrogen and oxygen atoms in total. The van der Waals surface area contributed by atoms with Gasteiger partial charge in [-0.2, -0.15) is 18.4 Å². The first kappa shape index (κ1) is 29.7. The average Bonchev–Trinajstić information content (AvgIpc) is 2.83. The second kappa shape index (κ2) is 12.1. The molecule has 9 heteroatoms. The molecule has 2 aromatic carbocycles. The molecule has 1 N–H and O–H groups in total. The summed E-state index contributed by atoms with van der Waals surface area (Å²) in [6, 6.07) is 18.3. The summed E-state index contributed by atoms with van der Waals surface area (Å²) in [7, 11) is 0. The van der Waals surface area contributed by atoms with Gasteiger partial charge in [0.15, 0.2) is 5.60 Å². The van der Waals surface area contributed by atoms with Crippen LogP contribution in [-0.4, -0.2) is 22.5 Å². The lowest BCUT2D eigenvalue weighted by atomic mass is 9.85. The number of ether oxygens (including phenoxy) is 1. The van der Waals surface area contributed by atoms with E-state index in [0.29, 0.717) is 23.2 Å².